The minimum atomic E-state index is -3.10. The Morgan fingerprint density at radius 2 is 2.31 bits per heavy atom. The molecule has 0 bridgehead atoms. The number of ether oxygens (including phenoxy) is 1. The Hall–Kier alpha value is -1.27. The topological polar surface area (TPSA) is 54.4 Å². The summed E-state index contributed by atoms with van der Waals surface area (Å²) in [5.41, 5.74) is 0.693. The molecule has 16 heavy (non-hydrogen) atoms. The summed E-state index contributed by atoms with van der Waals surface area (Å²) in [6.45, 7) is -1.53. The van der Waals surface area contributed by atoms with Gasteiger partial charge in [0.15, 0.2) is 0 Å². The summed E-state index contributed by atoms with van der Waals surface area (Å²) >= 11 is 0. The number of nitrogens with zero attached hydrogens (tertiary/aromatic N) is 1. The van der Waals surface area contributed by atoms with E-state index in [1.165, 1.54) is 7.11 Å². The molecule has 0 saturated heterocycles. The van der Waals surface area contributed by atoms with Gasteiger partial charge in [0.25, 0.3) is 5.92 Å². The van der Waals surface area contributed by atoms with E-state index in [1.807, 2.05) is 0 Å². The Balaban J connectivity index is 2.49. The molecule has 0 spiro atoms. The standard InChI is InChI=1S/C10H14F2N2O2/c1-16-9-8(3-2-4-14-9)5-13-6-10(11,12)7-15/h2-4,13,15H,5-7H2,1H3. The second-order valence-electron chi connectivity index (χ2n) is 3.29. The molecule has 4 nitrogen and oxygen atoms in total. The molecule has 1 aromatic heterocycles. The van der Waals surface area contributed by atoms with Crippen LogP contribution in [0.2, 0.25) is 0 Å². The average molecular weight is 232 g/mol. The summed E-state index contributed by atoms with van der Waals surface area (Å²) in [7, 11) is 1.47. The molecule has 6 heteroatoms. The maximum Gasteiger partial charge on any atom is 0.282 e. The number of pyridine rings is 1. The maximum absolute atomic E-state index is 12.7. The van der Waals surface area contributed by atoms with Crippen molar-refractivity contribution in [3.05, 3.63) is 23.9 Å². The number of nitrogens with one attached hydrogen (secondary N) is 1. The van der Waals surface area contributed by atoms with Crippen molar-refractivity contribution in [3.8, 4) is 5.88 Å². The zero-order valence-corrected chi connectivity index (χ0v) is 8.91. The van der Waals surface area contributed by atoms with Crippen LogP contribution in [0.25, 0.3) is 0 Å². The molecule has 0 aromatic carbocycles. The number of halogens is 2. The lowest BCUT2D eigenvalue weighted by molar-refractivity contribution is -0.0478. The molecule has 90 valence electrons. The Kier molecular flexibility index (Phi) is 4.57. The first-order chi connectivity index (χ1) is 7.59. The van der Waals surface area contributed by atoms with Crippen LogP contribution in [-0.2, 0) is 6.54 Å². The molecule has 2 N–H and O–H groups in total. The maximum atomic E-state index is 12.7. The van der Waals surface area contributed by atoms with E-state index in [2.05, 4.69) is 10.3 Å². The molecule has 0 aliphatic carbocycles. The Morgan fingerprint density at radius 1 is 1.56 bits per heavy atom. The first kappa shape index (κ1) is 12.8. The molecule has 1 rings (SSSR count). The van der Waals surface area contributed by atoms with E-state index in [9.17, 15) is 8.78 Å². The lowest BCUT2D eigenvalue weighted by Gasteiger charge is -2.14. The molecule has 0 unspecified atom stereocenters. The highest BCUT2D eigenvalue weighted by atomic mass is 19.3. The van der Waals surface area contributed by atoms with Gasteiger partial charge < -0.3 is 15.2 Å². The van der Waals surface area contributed by atoms with Crippen LogP contribution in [-0.4, -0.2) is 36.3 Å². The number of hydrogen-bond donors (Lipinski definition) is 2. The van der Waals surface area contributed by atoms with Gasteiger partial charge in [0.05, 0.1) is 13.7 Å². The summed E-state index contributed by atoms with van der Waals surface area (Å²) in [4.78, 5) is 3.93. The van der Waals surface area contributed by atoms with Gasteiger partial charge in [-0.3, -0.25) is 0 Å². The summed E-state index contributed by atoms with van der Waals surface area (Å²) in [5.74, 6) is -2.70. The molecular weight excluding hydrogens is 218 g/mol. The summed E-state index contributed by atoms with van der Waals surface area (Å²) in [6, 6.07) is 3.43. The van der Waals surface area contributed by atoms with Crippen LogP contribution in [0.1, 0.15) is 5.56 Å². The molecular formula is C10H14F2N2O2. The van der Waals surface area contributed by atoms with Gasteiger partial charge in [-0.05, 0) is 6.07 Å². The van der Waals surface area contributed by atoms with E-state index in [1.54, 1.807) is 18.3 Å². The third kappa shape index (κ3) is 3.71. The van der Waals surface area contributed by atoms with Crippen LogP contribution in [0, 0.1) is 0 Å². The fraction of sp³-hybridized carbons (Fsp3) is 0.500. The number of rotatable bonds is 6. The third-order valence-electron chi connectivity index (χ3n) is 1.97. The van der Waals surface area contributed by atoms with E-state index in [0.717, 1.165) is 0 Å². The van der Waals surface area contributed by atoms with Crippen LogP contribution in [0.15, 0.2) is 18.3 Å². The van der Waals surface area contributed by atoms with Gasteiger partial charge in [-0.15, -0.1) is 0 Å². The first-order valence-corrected chi connectivity index (χ1v) is 4.76. The second-order valence-corrected chi connectivity index (χ2v) is 3.29. The summed E-state index contributed by atoms with van der Waals surface area (Å²) < 4.78 is 30.3. The Labute approximate surface area is 92.3 Å². The molecule has 1 aromatic rings. The fourth-order valence-corrected chi connectivity index (χ4v) is 1.18. The molecule has 1 heterocycles. The summed E-state index contributed by atoms with van der Waals surface area (Å²) in [6.07, 6.45) is 1.56. The van der Waals surface area contributed by atoms with Crippen LogP contribution in [0.5, 0.6) is 5.88 Å². The van der Waals surface area contributed by atoms with Gasteiger partial charge in [0.2, 0.25) is 5.88 Å². The number of aromatic nitrogens is 1. The fourth-order valence-electron chi connectivity index (χ4n) is 1.18. The Bertz CT molecular complexity index is 334. The highest BCUT2D eigenvalue weighted by Crippen LogP contribution is 2.14. The normalized spacial score (nSPS) is 11.5. The van der Waals surface area contributed by atoms with E-state index >= 15 is 0 Å². The quantitative estimate of drug-likeness (QED) is 0.762. The summed E-state index contributed by atoms with van der Waals surface area (Å²) in [5, 5.41) is 10.9. The highest BCUT2D eigenvalue weighted by molar-refractivity contribution is 5.24. The lowest BCUT2D eigenvalue weighted by atomic mass is 10.2. The van der Waals surface area contributed by atoms with Crippen molar-refractivity contribution in [2.24, 2.45) is 0 Å². The Morgan fingerprint density at radius 3 is 2.94 bits per heavy atom. The largest absolute Gasteiger partial charge is 0.481 e. The van der Waals surface area contributed by atoms with Gasteiger partial charge in [-0.25, -0.2) is 13.8 Å². The number of methoxy groups -OCH3 is 1. The van der Waals surface area contributed by atoms with Crippen molar-refractivity contribution in [3.63, 3.8) is 0 Å². The zero-order chi connectivity index (χ0) is 12.0. The van der Waals surface area contributed by atoms with Gasteiger partial charge >= 0.3 is 0 Å². The van der Waals surface area contributed by atoms with E-state index in [4.69, 9.17) is 9.84 Å². The van der Waals surface area contributed by atoms with Crippen LogP contribution in [0.3, 0.4) is 0 Å². The van der Waals surface area contributed by atoms with Crippen LogP contribution < -0.4 is 10.1 Å². The highest BCUT2D eigenvalue weighted by Gasteiger charge is 2.26. The zero-order valence-electron chi connectivity index (χ0n) is 8.91. The van der Waals surface area contributed by atoms with Crippen LogP contribution in [0.4, 0.5) is 8.78 Å². The SMILES string of the molecule is COc1ncccc1CNCC(F)(F)CO. The van der Waals surface area contributed by atoms with Crippen molar-refractivity contribution >= 4 is 0 Å². The van der Waals surface area contributed by atoms with Gasteiger partial charge in [0, 0.05) is 18.3 Å². The molecule has 0 atom stereocenters. The van der Waals surface area contributed by atoms with E-state index < -0.39 is 19.1 Å². The monoisotopic (exact) mass is 232 g/mol. The number of hydrogen-bond acceptors (Lipinski definition) is 4. The van der Waals surface area contributed by atoms with Gasteiger partial charge in [0.1, 0.15) is 6.61 Å². The number of alkyl halides is 2. The minimum Gasteiger partial charge on any atom is -0.481 e. The van der Waals surface area contributed by atoms with Gasteiger partial charge in [-0.1, -0.05) is 6.07 Å². The molecule has 0 fully saturated rings. The van der Waals surface area contributed by atoms with Crippen molar-refractivity contribution in [1.82, 2.24) is 10.3 Å². The van der Waals surface area contributed by atoms with Crippen molar-refractivity contribution in [1.29, 1.82) is 0 Å². The van der Waals surface area contributed by atoms with Crippen molar-refractivity contribution in [2.75, 3.05) is 20.3 Å². The molecule has 0 amide bonds. The van der Waals surface area contributed by atoms with Crippen LogP contribution >= 0.6 is 0 Å². The van der Waals surface area contributed by atoms with Crippen molar-refractivity contribution < 1.29 is 18.6 Å². The molecule has 0 radical (unpaired) electrons. The predicted molar refractivity (Wildman–Crippen MR) is 54.5 cm³/mol. The van der Waals surface area contributed by atoms with E-state index in [-0.39, 0.29) is 6.54 Å². The van der Waals surface area contributed by atoms with Crippen molar-refractivity contribution in [2.45, 2.75) is 12.5 Å². The molecule has 0 aliphatic rings. The second kappa shape index (κ2) is 5.72. The van der Waals surface area contributed by atoms with E-state index in [0.29, 0.717) is 11.4 Å². The minimum absolute atomic E-state index is 0.215. The number of aliphatic hydroxyl groups is 1. The number of aliphatic hydroxyl groups excluding tert-OH is 1. The third-order valence-corrected chi connectivity index (χ3v) is 1.97. The average Bonchev–Trinajstić information content (AvgIpc) is 2.29. The predicted octanol–water partition coefficient (Wildman–Crippen LogP) is 0.807. The van der Waals surface area contributed by atoms with Gasteiger partial charge in [-0.2, -0.15) is 0 Å². The first-order valence-electron chi connectivity index (χ1n) is 4.76. The molecule has 0 saturated carbocycles. The lowest BCUT2D eigenvalue weighted by Crippen LogP contribution is -2.35. The smallest absolute Gasteiger partial charge is 0.282 e. The molecule has 0 aliphatic heterocycles.